The number of benzene rings is 1. The molecule has 24 heavy (non-hydrogen) atoms. The third-order valence-corrected chi connectivity index (χ3v) is 3.14. The number of ether oxygens (including phenoxy) is 2. The summed E-state index contributed by atoms with van der Waals surface area (Å²) in [7, 11) is 1.61. The molecule has 7 heteroatoms. The zero-order valence-electron chi connectivity index (χ0n) is 13.9. The predicted molar refractivity (Wildman–Crippen MR) is 91.6 cm³/mol. The molecule has 0 aliphatic rings. The van der Waals surface area contributed by atoms with Crippen molar-refractivity contribution >= 4 is 11.9 Å². The molecule has 7 nitrogen and oxygen atoms in total. The number of aromatic nitrogens is 2. The fourth-order valence-corrected chi connectivity index (χ4v) is 1.90. The minimum atomic E-state index is -0.254. The molecule has 0 unspecified atom stereocenters. The largest absolute Gasteiger partial charge is 0.497 e. The van der Waals surface area contributed by atoms with Crippen molar-refractivity contribution in [2.75, 3.05) is 32.1 Å². The van der Waals surface area contributed by atoms with Gasteiger partial charge in [-0.3, -0.25) is 4.79 Å². The minimum Gasteiger partial charge on any atom is -0.497 e. The molecular formula is C17H22N4O3. The molecule has 128 valence electrons. The van der Waals surface area contributed by atoms with E-state index in [1.807, 2.05) is 31.2 Å². The zero-order chi connectivity index (χ0) is 17.2. The van der Waals surface area contributed by atoms with Crippen LogP contribution in [0.1, 0.15) is 23.8 Å². The fraction of sp³-hybridized carbons (Fsp3) is 0.353. The number of amides is 1. The first kappa shape index (κ1) is 17.5. The minimum absolute atomic E-state index is 0.254. The molecule has 1 aromatic carbocycles. The van der Waals surface area contributed by atoms with Crippen LogP contribution in [0.5, 0.6) is 11.5 Å². The van der Waals surface area contributed by atoms with E-state index in [-0.39, 0.29) is 5.91 Å². The summed E-state index contributed by atoms with van der Waals surface area (Å²) in [5.41, 5.74) is 0.327. The van der Waals surface area contributed by atoms with Gasteiger partial charge in [-0.25, -0.2) is 9.97 Å². The van der Waals surface area contributed by atoms with Crippen LogP contribution in [0.3, 0.4) is 0 Å². The molecule has 0 aliphatic carbocycles. The average Bonchev–Trinajstić information content (AvgIpc) is 2.64. The summed E-state index contributed by atoms with van der Waals surface area (Å²) in [5.74, 6) is 1.69. The quantitative estimate of drug-likeness (QED) is 0.685. The van der Waals surface area contributed by atoms with E-state index >= 15 is 0 Å². The smallest absolute Gasteiger partial charge is 0.270 e. The third-order valence-electron chi connectivity index (χ3n) is 3.14. The molecule has 2 N–H and O–H groups in total. The van der Waals surface area contributed by atoms with Crippen LogP contribution >= 0.6 is 0 Å². The van der Waals surface area contributed by atoms with E-state index in [4.69, 9.17) is 9.47 Å². The maximum absolute atomic E-state index is 12.1. The molecule has 0 fully saturated rings. The Bertz CT molecular complexity index is 647. The SMILES string of the molecule is CCCNc1nccc(C(=O)NCCOc2ccc(OC)cc2)n1. The number of anilines is 1. The van der Waals surface area contributed by atoms with Crippen molar-refractivity contribution in [3.8, 4) is 11.5 Å². The topological polar surface area (TPSA) is 85.4 Å². The summed E-state index contributed by atoms with van der Waals surface area (Å²) >= 11 is 0. The highest BCUT2D eigenvalue weighted by Crippen LogP contribution is 2.16. The van der Waals surface area contributed by atoms with Crippen LogP contribution in [-0.2, 0) is 0 Å². The molecule has 2 aromatic rings. The Hall–Kier alpha value is -2.83. The third kappa shape index (κ3) is 5.42. The highest BCUT2D eigenvalue weighted by Gasteiger charge is 2.08. The van der Waals surface area contributed by atoms with Crippen LogP contribution < -0.4 is 20.1 Å². The Morgan fingerprint density at radius 3 is 2.58 bits per heavy atom. The zero-order valence-corrected chi connectivity index (χ0v) is 13.9. The molecule has 0 atom stereocenters. The molecule has 2 rings (SSSR count). The van der Waals surface area contributed by atoms with Crippen molar-refractivity contribution in [1.82, 2.24) is 15.3 Å². The summed E-state index contributed by atoms with van der Waals surface area (Å²) in [6, 6.07) is 8.85. The monoisotopic (exact) mass is 330 g/mol. The van der Waals surface area contributed by atoms with Gasteiger partial charge in [0.25, 0.3) is 5.91 Å². The van der Waals surface area contributed by atoms with E-state index in [1.54, 1.807) is 19.4 Å². The number of methoxy groups -OCH3 is 1. The van der Waals surface area contributed by atoms with Crippen LogP contribution in [0, 0.1) is 0 Å². The lowest BCUT2D eigenvalue weighted by molar-refractivity contribution is 0.0942. The summed E-state index contributed by atoms with van der Waals surface area (Å²) in [6.07, 6.45) is 2.52. The Morgan fingerprint density at radius 2 is 1.88 bits per heavy atom. The first-order chi connectivity index (χ1) is 11.7. The van der Waals surface area contributed by atoms with Crippen LogP contribution in [0.25, 0.3) is 0 Å². The average molecular weight is 330 g/mol. The maximum Gasteiger partial charge on any atom is 0.270 e. The van der Waals surface area contributed by atoms with E-state index in [9.17, 15) is 4.79 Å². The van der Waals surface area contributed by atoms with Crippen LogP contribution in [0.4, 0.5) is 5.95 Å². The van der Waals surface area contributed by atoms with Crippen LogP contribution in [0.15, 0.2) is 36.5 Å². The van der Waals surface area contributed by atoms with Crippen molar-refractivity contribution in [1.29, 1.82) is 0 Å². The van der Waals surface area contributed by atoms with Gasteiger partial charge in [-0.1, -0.05) is 6.92 Å². The van der Waals surface area contributed by atoms with E-state index in [0.29, 0.717) is 24.8 Å². The molecule has 0 spiro atoms. The van der Waals surface area contributed by atoms with Gasteiger partial charge in [-0.15, -0.1) is 0 Å². The number of nitrogens with zero attached hydrogens (tertiary/aromatic N) is 2. The van der Waals surface area contributed by atoms with Crippen molar-refractivity contribution in [2.24, 2.45) is 0 Å². The lowest BCUT2D eigenvalue weighted by Crippen LogP contribution is -2.29. The van der Waals surface area contributed by atoms with E-state index < -0.39 is 0 Å². The van der Waals surface area contributed by atoms with Gasteiger partial charge in [0, 0.05) is 12.7 Å². The van der Waals surface area contributed by atoms with Gasteiger partial charge in [-0.05, 0) is 36.8 Å². The Kier molecular flexibility index (Phi) is 6.82. The van der Waals surface area contributed by atoms with Gasteiger partial charge in [0.2, 0.25) is 5.95 Å². The van der Waals surface area contributed by atoms with Gasteiger partial charge in [0.05, 0.1) is 13.7 Å². The number of nitrogens with one attached hydrogen (secondary N) is 2. The fourth-order valence-electron chi connectivity index (χ4n) is 1.90. The summed E-state index contributed by atoms with van der Waals surface area (Å²) < 4.78 is 10.6. The lowest BCUT2D eigenvalue weighted by Gasteiger charge is -2.09. The van der Waals surface area contributed by atoms with Gasteiger partial charge >= 0.3 is 0 Å². The highest BCUT2D eigenvalue weighted by molar-refractivity contribution is 5.92. The predicted octanol–water partition coefficient (Wildman–Crippen LogP) is 2.12. The number of carbonyl (C=O) groups is 1. The Morgan fingerprint density at radius 1 is 1.12 bits per heavy atom. The summed E-state index contributed by atoms with van der Waals surface area (Å²) in [5, 5.41) is 5.82. The van der Waals surface area contributed by atoms with Gasteiger partial charge < -0.3 is 20.1 Å². The van der Waals surface area contributed by atoms with Crippen LogP contribution in [-0.4, -0.2) is 42.7 Å². The van der Waals surface area contributed by atoms with Gasteiger partial charge in [-0.2, -0.15) is 0 Å². The lowest BCUT2D eigenvalue weighted by atomic mass is 10.3. The number of hydrogen-bond donors (Lipinski definition) is 2. The second kappa shape index (κ2) is 9.34. The summed E-state index contributed by atoms with van der Waals surface area (Å²) in [6.45, 7) is 3.56. The standard InChI is InChI=1S/C17H22N4O3/c1-3-9-19-17-20-10-8-15(21-17)16(22)18-11-12-24-14-6-4-13(23-2)5-7-14/h4-8,10H,3,9,11-12H2,1-2H3,(H,18,22)(H,19,20,21). The van der Waals surface area contributed by atoms with Gasteiger partial charge in [0.15, 0.2) is 0 Å². The number of hydrogen-bond acceptors (Lipinski definition) is 6. The van der Waals surface area contributed by atoms with Crippen LogP contribution in [0.2, 0.25) is 0 Å². The summed E-state index contributed by atoms with van der Waals surface area (Å²) in [4.78, 5) is 20.3. The second-order valence-electron chi connectivity index (χ2n) is 4.97. The molecular weight excluding hydrogens is 308 g/mol. The molecule has 1 heterocycles. The second-order valence-corrected chi connectivity index (χ2v) is 4.97. The van der Waals surface area contributed by atoms with E-state index in [1.165, 1.54) is 0 Å². The van der Waals surface area contributed by atoms with Crippen molar-refractivity contribution in [2.45, 2.75) is 13.3 Å². The maximum atomic E-state index is 12.1. The number of carbonyl (C=O) groups excluding carboxylic acids is 1. The molecule has 0 saturated heterocycles. The molecule has 0 saturated carbocycles. The first-order valence-corrected chi connectivity index (χ1v) is 7.85. The van der Waals surface area contributed by atoms with E-state index in [0.717, 1.165) is 24.5 Å². The molecule has 0 bridgehead atoms. The first-order valence-electron chi connectivity index (χ1n) is 7.85. The molecule has 1 amide bonds. The van der Waals surface area contributed by atoms with Crippen molar-refractivity contribution in [3.05, 3.63) is 42.2 Å². The normalized spacial score (nSPS) is 10.1. The van der Waals surface area contributed by atoms with Gasteiger partial charge in [0.1, 0.15) is 23.8 Å². The highest BCUT2D eigenvalue weighted by atomic mass is 16.5. The van der Waals surface area contributed by atoms with Crippen molar-refractivity contribution in [3.63, 3.8) is 0 Å². The van der Waals surface area contributed by atoms with Crippen molar-refractivity contribution < 1.29 is 14.3 Å². The Balaban J connectivity index is 1.76. The Labute approximate surface area is 141 Å². The molecule has 0 radical (unpaired) electrons. The van der Waals surface area contributed by atoms with E-state index in [2.05, 4.69) is 20.6 Å². The molecule has 1 aromatic heterocycles. The number of rotatable bonds is 9. The molecule has 0 aliphatic heterocycles.